The second-order valence-electron chi connectivity index (χ2n) is 9.95. The Kier molecular flexibility index (Phi) is 7.68. The molecule has 2 aliphatic heterocycles. The van der Waals surface area contributed by atoms with Crippen LogP contribution in [0, 0.1) is 5.92 Å². The number of halogens is 1. The Labute approximate surface area is 195 Å². The number of hydrogen-bond acceptors (Lipinski definition) is 4. The molecule has 0 saturated carbocycles. The number of nitrogens with zero attached hydrogens (tertiary/aromatic N) is 3. The maximum atomic E-state index is 13.3. The lowest BCUT2D eigenvalue weighted by molar-refractivity contribution is -0.143. The summed E-state index contributed by atoms with van der Waals surface area (Å²) in [5, 5.41) is 0. The van der Waals surface area contributed by atoms with Gasteiger partial charge in [0, 0.05) is 55.2 Å². The molecule has 2 saturated heterocycles. The number of ether oxygens (including phenoxy) is 1. The van der Waals surface area contributed by atoms with E-state index in [0.29, 0.717) is 32.0 Å². The van der Waals surface area contributed by atoms with Crippen LogP contribution in [0.1, 0.15) is 53.0 Å². The third kappa shape index (κ3) is 6.22. The van der Waals surface area contributed by atoms with Gasteiger partial charge < -0.3 is 14.5 Å². The molecule has 0 N–H and O–H groups in total. The fourth-order valence-electron chi connectivity index (χ4n) is 4.44. The van der Waals surface area contributed by atoms with Crippen molar-refractivity contribution in [1.29, 1.82) is 0 Å². The van der Waals surface area contributed by atoms with E-state index in [1.54, 1.807) is 4.90 Å². The normalized spacial score (nSPS) is 23.7. The van der Waals surface area contributed by atoms with Gasteiger partial charge in [-0.3, -0.25) is 9.69 Å². The Bertz CT molecular complexity index is 787. The molecule has 6 nitrogen and oxygen atoms in total. The molecular weight excluding hydrogens is 458 g/mol. The minimum atomic E-state index is -0.496. The zero-order valence-electron chi connectivity index (χ0n) is 19.4. The van der Waals surface area contributed by atoms with E-state index in [1.165, 1.54) is 5.56 Å². The first-order valence-electron chi connectivity index (χ1n) is 11.3. The molecule has 2 heterocycles. The Morgan fingerprint density at radius 3 is 2.32 bits per heavy atom. The fraction of sp³-hybridized carbons (Fsp3) is 0.667. The van der Waals surface area contributed by atoms with Crippen molar-refractivity contribution in [2.24, 2.45) is 5.92 Å². The highest BCUT2D eigenvalue weighted by molar-refractivity contribution is 9.10. The highest BCUT2D eigenvalue weighted by Gasteiger charge is 2.37. The summed E-state index contributed by atoms with van der Waals surface area (Å²) in [6.45, 7) is 13.6. The van der Waals surface area contributed by atoms with Gasteiger partial charge in [0.1, 0.15) is 5.60 Å². The average Bonchev–Trinajstić information content (AvgIpc) is 2.70. The summed E-state index contributed by atoms with van der Waals surface area (Å²) in [5.74, 6) is 0.229. The number of amides is 2. The highest BCUT2D eigenvalue weighted by Crippen LogP contribution is 2.27. The predicted molar refractivity (Wildman–Crippen MR) is 126 cm³/mol. The molecule has 0 spiro atoms. The predicted octanol–water partition coefficient (Wildman–Crippen LogP) is 4.52. The minimum Gasteiger partial charge on any atom is -0.444 e. The molecule has 2 aliphatic rings. The van der Waals surface area contributed by atoms with Crippen molar-refractivity contribution in [2.45, 2.75) is 71.7 Å². The maximum absolute atomic E-state index is 13.3. The van der Waals surface area contributed by atoms with E-state index in [9.17, 15) is 9.59 Å². The smallest absolute Gasteiger partial charge is 0.410 e. The Morgan fingerprint density at radius 2 is 1.71 bits per heavy atom. The molecule has 2 amide bonds. The van der Waals surface area contributed by atoms with E-state index < -0.39 is 5.60 Å². The first kappa shape index (κ1) is 24.1. The average molecular weight is 494 g/mol. The summed E-state index contributed by atoms with van der Waals surface area (Å²) in [5.41, 5.74) is 0.778. The number of carbonyl (C=O) groups is 2. The van der Waals surface area contributed by atoms with Crippen molar-refractivity contribution in [2.75, 3.05) is 26.2 Å². The zero-order valence-corrected chi connectivity index (χ0v) is 21.0. The van der Waals surface area contributed by atoms with Gasteiger partial charge in [0.15, 0.2) is 0 Å². The van der Waals surface area contributed by atoms with Gasteiger partial charge in [-0.1, -0.05) is 34.1 Å². The first-order valence-corrected chi connectivity index (χ1v) is 12.1. The standard InChI is InChI=1S/C24H36BrN3O3/c1-17-15-28(18(2)14-27(17)16-20-8-6-7-9-21(20)25)22(29)19-10-12-26(13-11-19)23(30)31-24(3,4)5/h6-9,17-19H,10-16H2,1-5H3. The molecule has 31 heavy (non-hydrogen) atoms. The van der Waals surface area contributed by atoms with E-state index in [2.05, 4.69) is 57.8 Å². The number of benzene rings is 1. The van der Waals surface area contributed by atoms with Crippen LogP contribution in [0.25, 0.3) is 0 Å². The number of likely N-dealkylation sites (tertiary alicyclic amines) is 1. The zero-order chi connectivity index (χ0) is 22.8. The lowest BCUT2D eigenvalue weighted by atomic mass is 9.93. The second-order valence-corrected chi connectivity index (χ2v) is 10.8. The molecule has 2 fully saturated rings. The lowest BCUT2D eigenvalue weighted by Gasteiger charge is -2.46. The van der Waals surface area contributed by atoms with Gasteiger partial charge in [-0.25, -0.2) is 4.79 Å². The van der Waals surface area contributed by atoms with Crippen LogP contribution < -0.4 is 0 Å². The molecule has 172 valence electrons. The van der Waals surface area contributed by atoms with Crippen molar-refractivity contribution >= 4 is 27.9 Å². The van der Waals surface area contributed by atoms with E-state index in [4.69, 9.17) is 4.74 Å². The van der Waals surface area contributed by atoms with E-state index in [0.717, 1.165) is 24.1 Å². The third-order valence-corrected chi connectivity index (χ3v) is 7.00. The molecule has 2 unspecified atom stereocenters. The molecule has 1 aromatic rings. The van der Waals surface area contributed by atoms with Crippen molar-refractivity contribution in [3.8, 4) is 0 Å². The molecule has 0 aromatic heterocycles. The number of hydrogen-bond donors (Lipinski definition) is 0. The van der Waals surface area contributed by atoms with Crippen LogP contribution in [0.4, 0.5) is 4.79 Å². The Hall–Kier alpha value is -1.60. The van der Waals surface area contributed by atoms with E-state index >= 15 is 0 Å². The third-order valence-electron chi connectivity index (χ3n) is 6.23. The number of carbonyl (C=O) groups excluding carboxylic acids is 2. The van der Waals surface area contributed by atoms with Gasteiger partial charge in [-0.05, 0) is 59.1 Å². The van der Waals surface area contributed by atoms with Crippen LogP contribution in [0.3, 0.4) is 0 Å². The van der Waals surface area contributed by atoms with Crippen LogP contribution in [0.2, 0.25) is 0 Å². The summed E-state index contributed by atoms with van der Waals surface area (Å²) in [6.07, 6.45) is 1.13. The Balaban J connectivity index is 1.54. The lowest BCUT2D eigenvalue weighted by Crippen LogP contribution is -2.59. The summed E-state index contributed by atoms with van der Waals surface area (Å²) in [6, 6.07) is 8.80. The van der Waals surface area contributed by atoms with Crippen LogP contribution in [0.15, 0.2) is 28.7 Å². The van der Waals surface area contributed by atoms with Gasteiger partial charge in [0.2, 0.25) is 5.91 Å². The Morgan fingerprint density at radius 1 is 1.06 bits per heavy atom. The molecular formula is C24H36BrN3O3. The van der Waals surface area contributed by atoms with Crippen molar-refractivity contribution < 1.29 is 14.3 Å². The highest BCUT2D eigenvalue weighted by atomic mass is 79.9. The number of rotatable bonds is 3. The van der Waals surface area contributed by atoms with E-state index in [1.807, 2.05) is 26.8 Å². The summed E-state index contributed by atoms with van der Waals surface area (Å²) in [7, 11) is 0. The van der Waals surface area contributed by atoms with E-state index in [-0.39, 0.29) is 24.0 Å². The summed E-state index contributed by atoms with van der Waals surface area (Å²) in [4.78, 5) is 31.9. The molecule has 1 aromatic carbocycles. The quantitative estimate of drug-likeness (QED) is 0.620. The largest absolute Gasteiger partial charge is 0.444 e. The van der Waals surface area contributed by atoms with Crippen LogP contribution in [-0.4, -0.2) is 70.6 Å². The molecule has 2 atom stereocenters. The second kappa shape index (κ2) is 9.90. The molecule has 3 rings (SSSR count). The molecule has 0 bridgehead atoms. The monoisotopic (exact) mass is 493 g/mol. The topological polar surface area (TPSA) is 53.1 Å². The van der Waals surface area contributed by atoms with Crippen molar-refractivity contribution in [1.82, 2.24) is 14.7 Å². The maximum Gasteiger partial charge on any atom is 0.410 e. The fourth-order valence-corrected chi connectivity index (χ4v) is 4.85. The van der Waals surface area contributed by atoms with Crippen molar-refractivity contribution in [3.05, 3.63) is 34.3 Å². The van der Waals surface area contributed by atoms with Crippen molar-refractivity contribution in [3.63, 3.8) is 0 Å². The van der Waals surface area contributed by atoms with Gasteiger partial charge in [-0.15, -0.1) is 0 Å². The van der Waals surface area contributed by atoms with Gasteiger partial charge >= 0.3 is 6.09 Å². The minimum absolute atomic E-state index is 0.0110. The molecule has 7 heteroatoms. The van der Waals surface area contributed by atoms with Gasteiger partial charge in [0.25, 0.3) is 0 Å². The molecule has 0 aliphatic carbocycles. The van der Waals surface area contributed by atoms with Gasteiger partial charge in [0.05, 0.1) is 0 Å². The van der Waals surface area contributed by atoms with Crippen LogP contribution >= 0.6 is 15.9 Å². The SMILES string of the molecule is CC1CN(C(=O)C2CCN(C(=O)OC(C)(C)C)CC2)C(C)CN1Cc1ccccc1Br. The van der Waals surface area contributed by atoms with Crippen LogP contribution in [0.5, 0.6) is 0 Å². The summed E-state index contributed by atoms with van der Waals surface area (Å²) >= 11 is 3.65. The first-order chi connectivity index (χ1) is 14.5. The number of piperazine rings is 1. The van der Waals surface area contributed by atoms with Crippen LogP contribution in [-0.2, 0) is 16.1 Å². The molecule has 0 radical (unpaired) electrons. The number of piperidine rings is 1. The summed E-state index contributed by atoms with van der Waals surface area (Å²) < 4.78 is 6.60. The van der Waals surface area contributed by atoms with Gasteiger partial charge in [-0.2, -0.15) is 0 Å².